The van der Waals surface area contributed by atoms with Crippen molar-refractivity contribution in [3.63, 3.8) is 0 Å². The highest BCUT2D eigenvalue weighted by Crippen LogP contribution is 2.45. The van der Waals surface area contributed by atoms with E-state index in [4.69, 9.17) is 4.42 Å². The standard InChI is InChI=1S/C70H46N2O/c1-2-18-53(19-3-1)72(58-44-45-68-67(46-58)69-65-24-10-8-22-63(65)64-23-9-11-25-66(64)70(69)73-68)57-38-30-48(31-39-57)47-28-36-54(37-29-47)71(55-40-32-51(33-41-55)61-26-12-16-49-14-4-6-20-59(49)61)56-42-34-52(35-43-56)62-27-13-17-50-15-5-7-21-60(50)62/h1-46H. The fraction of sp³-hybridized carbons (Fsp3) is 0. The molecule has 0 saturated heterocycles. The van der Waals surface area contributed by atoms with Crippen molar-refractivity contribution in [1.29, 1.82) is 0 Å². The number of rotatable bonds is 9. The lowest BCUT2D eigenvalue weighted by molar-refractivity contribution is 0.673. The molecular formula is C70H46N2O. The van der Waals surface area contributed by atoms with Crippen molar-refractivity contribution in [3.05, 3.63) is 279 Å². The van der Waals surface area contributed by atoms with Crippen molar-refractivity contribution in [1.82, 2.24) is 0 Å². The smallest absolute Gasteiger partial charge is 0.143 e. The van der Waals surface area contributed by atoms with Gasteiger partial charge in [-0.1, -0.05) is 200 Å². The van der Waals surface area contributed by atoms with Crippen LogP contribution in [0.15, 0.2) is 283 Å². The van der Waals surface area contributed by atoms with Gasteiger partial charge >= 0.3 is 0 Å². The van der Waals surface area contributed by atoms with E-state index in [0.717, 1.165) is 72.6 Å². The number of hydrogen-bond acceptors (Lipinski definition) is 3. The lowest BCUT2D eigenvalue weighted by Gasteiger charge is -2.26. The van der Waals surface area contributed by atoms with Gasteiger partial charge in [-0.3, -0.25) is 0 Å². The van der Waals surface area contributed by atoms with E-state index in [2.05, 4.69) is 289 Å². The maximum Gasteiger partial charge on any atom is 0.143 e. The van der Waals surface area contributed by atoms with Gasteiger partial charge in [-0.05, 0) is 150 Å². The van der Waals surface area contributed by atoms with Crippen LogP contribution in [0, 0.1) is 0 Å². The second-order valence-corrected chi connectivity index (χ2v) is 18.8. The Hall–Kier alpha value is -9.70. The fourth-order valence-electron chi connectivity index (χ4n) is 11.1. The Kier molecular flexibility index (Phi) is 10.2. The van der Waals surface area contributed by atoms with Crippen molar-refractivity contribution in [2.24, 2.45) is 0 Å². The molecule has 0 atom stereocenters. The van der Waals surface area contributed by atoms with Crippen molar-refractivity contribution in [3.8, 4) is 33.4 Å². The van der Waals surface area contributed by atoms with Crippen LogP contribution >= 0.6 is 0 Å². The van der Waals surface area contributed by atoms with Crippen LogP contribution in [0.1, 0.15) is 0 Å². The van der Waals surface area contributed by atoms with Gasteiger partial charge in [0.05, 0.1) is 0 Å². The van der Waals surface area contributed by atoms with Crippen LogP contribution in [-0.4, -0.2) is 0 Å². The minimum Gasteiger partial charge on any atom is -0.455 e. The minimum atomic E-state index is 0.876. The summed E-state index contributed by atoms with van der Waals surface area (Å²) in [5, 5.41) is 12.0. The first-order valence-corrected chi connectivity index (χ1v) is 25.0. The summed E-state index contributed by atoms with van der Waals surface area (Å²) in [6, 6.07) is 101. The second kappa shape index (κ2) is 17.6. The molecular weight excluding hydrogens is 885 g/mol. The predicted molar refractivity (Wildman–Crippen MR) is 309 cm³/mol. The molecule has 1 heterocycles. The van der Waals surface area contributed by atoms with E-state index in [1.54, 1.807) is 0 Å². The third kappa shape index (κ3) is 7.37. The third-order valence-corrected chi connectivity index (χ3v) is 14.6. The monoisotopic (exact) mass is 930 g/mol. The average Bonchev–Trinajstić information content (AvgIpc) is 3.86. The summed E-state index contributed by atoms with van der Waals surface area (Å²) < 4.78 is 6.70. The molecule has 14 aromatic rings. The SMILES string of the molecule is c1ccc(N(c2ccc(-c3ccc(N(c4ccc(-c5cccc6ccccc56)cc4)c4ccc(-c5cccc6ccccc56)cc4)cc3)cc2)c2ccc3oc4c5ccccc5c5ccccc5c4c3c2)cc1. The number of benzene rings is 13. The van der Waals surface area contributed by atoms with Gasteiger partial charge in [-0.25, -0.2) is 0 Å². The quantitative estimate of drug-likeness (QED) is 0.135. The van der Waals surface area contributed by atoms with Crippen LogP contribution in [0.3, 0.4) is 0 Å². The Balaban J connectivity index is 0.818. The van der Waals surface area contributed by atoms with E-state index >= 15 is 0 Å². The van der Waals surface area contributed by atoms with E-state index in [1.165, 1.54) is 60.0 Å². The summed E-state index contributed by atoms with van der Waals surface area (Å²) in [6.45, 7) is 0. The van der Waals surface area contributed by atoms with E-state index in [-0.39, 0.29) is 0 Å². The molecule has 0 aliphatic carbocycles. The van der Waals surface area contributed by atoms with Crippen molar-refractivity contribution in [2.75, 3.05) is 9.80 Å². The van der Waals surface area contributed by atoms with Gasteiger partial charge in [0.15, 0.2) is 0 Å². The van der Waals surface area contributed by atoms with Gasteiger partial charge in [0.2, 0.25) is 0 Å². The number of hydrogen-bond donors (Lipinski definition) is 0. The molecule has 13 aromatic carbocycles. The topological polar surface area (TPSA) is 19.6 Å². The predicted octanol–water partition coefficient (Wildman–Crippen LogP) is 20.1. The Morgan fingerprint density at radius 2 is 0.603 bits per heavy atom. The molecule has 14 rings (SSSR count). The van der Waals surface area contributed by atoms with Gasteiger partial charge in [0, 0.05) is 50.3 Å². The van der Waals surface area contributed by atoms with E-state index in [1.807, 2.05) is 0 Å². The zero-order valence-corrected chi connectivity index (χ0v) is 39.9. The van der Waals surface area contributed by atoms with Crippen molar-refractivity contribution < 1.29 is 4.42 Å². The molecule has 0 aliphatic heterocycles. The Bertz CT molecular complexity index is 4220. The highest BCUT2D eigenvalue weighted by atomic mass is 16.3. The highest BCUT2D eigenvalue weighted by Gasteiger charge is 2.20. The molecule has 342 valence electrons. The summed E-state index contributed by atoms with van der Waals surface area (Å²) in [7, 11) is 0. The number of para-hydroxylation sites is 1. The van der Waals surface area contributed by atoms with Gasteiger partial charge in [0.25, 0.3) is 0 Å². The molecule has 0 radical (unpaired) electrons. The Labute approximate surface area is 423 Å². The van der Waals surface area contributed by atoms with Gasteiger partial charge in [-0.2, -0.15) is 0 Å². The molecule has 0 unspecified atom stereocenters. The molecule has 73 heavy (non-hydrogen) atoms. The normalized spacial score (nSPS) is 11.6. The average molecular weight is 931 g/mol. The van der Waals surface area contributed by atoms with E-state index in [9.17, 15) is 0 Å². The lowest BCUT2D eigenvalue weighted by Crippen LogP contribution is -2.10. The molecule has 0 spiro atoms. The summed E-state index contributed by atoms with van der Waals surface area (Å²) in [5.41, 5.74) is 15.4. The number of nitrogens with zero attached hydrogens (tertiary/aromatic N) is 2. The maximum atomic E-state index is 6.70. The van der Waals surface area contributed by atoms with Crippen LogP contribution < -0.4 is 9.80 Å². The number of furan rings is 1. The first-order valence-electron chi connectivity index (χ1n) is 25.0. The summed E-state index contributed by atoms with van der Waals surface area (Å²) in [6.07, 6.45) is 0. The van der Waals surface area contributed by atoms with Crippen molar-refractivity contribution in [2.45, 2.75) is 0 Å². The highest BCUT2D eigenvalue weighted by molar-refractivity contribution is 6.30. The molecule has 1 aromatic heterocycles. The van der Waals surface area contributed by atoms with Crippen LogP contribution in [0.5, 0.6) is 0 Å². The first kappa shape index (κ1) is 42.2. The number of fused-ring (bicyclic) bond motifs is 10. The Morgan fingerprint density at radius 1 is 0.233 bits per heavy atom. The minimum absolute atomic E-state index is 0.876. The maximum absolute atomic E-state index is 6.70. The van der Waals surface area contributed by atoms with Gasteiger partial charge < -0.3 is 14.2 Å². The first-order chi connectivity index (χ1) is 36.2. The molecule has 0 amide bonds. The zero-order chi connectivity index (χ0) is 48.2. The molecule has 0 bridgehead atoms. The summed E-state index contributed by atoms with van der Waals surface area (Å²) >= 11 is 0. The van der Waals surface area contributed by atoms with E-state index in [0.29, 0.717) is 0 Å². The van der Waals surface area contributed by atoms with Crippen LogP contribution in [-0.2, 0) is 0 Å². The molecule has 0 aliphatic rings. The van der Waals surface area contributed by atoms with Crippen LogP contribution in [0.25, 0.3) is 98.4 Å². The third-order valence-electron chi connectivity index (χ3n) is 14.6. The van der Waals surface area contributed by atoms with Crippen LogP contribution in [0.4, 0.5) is 34.1 Å². The van der Waals surface area contributed by atoms with Gasteiger partial charge in [-0.15, -0.1) is 0 Å². The van der Waals surface area contributed by atoms with Crippen LogP contribution in [0.2, 0.25) is 0 Å². The molecule has 0 saturated carbocycles. The zero-order valence-electron chi connectivity index (χ0n) is 39.9. The largest absolute Gasteiger partial charge is 0.455 e. The fourth-order valence-corrected chi connectivity index (χ4v) is 11.1. The lowest BCUT2D eigenvalue weighted by atomic mass is 9.97. The molecule has 3 heteroatoms. The molecule has 3 nitrogen and oxygen atoms in total. The Morgan fingerprint density at radius 3 is 1.12 bits per heavy atom. The molecule has 0 N–H and O–H groups in total. The second-order valence-electron chi connectivity index (χ2n) is 18.8. The summed E-state index contributed by atoms with van der Waals surface area (Å²) in [5.74, 6) is 0. The van der Waals surface area contributed by atoms with Crippen molar-refractivity contribution >= 4 is 99.2 Å². The van der Waals surface area contributed by atoms with Gasteiger partial charge in [0.1, 0.15) is 11.2 Å². The number of anilines is 6. The molecule has 0 fully saturated rings. The summed E-state index contributed by atoms with van der Waals surface area (Å²) in [4.78, 5) is 4.69. The van der Waals surface area contributed by atoms with E-state index < -0.39 is 0 Å².